The van der Waals surface area contributed by atoms with Crippen molar-refractivity contribution in [3.63, 3.8) is 0 Å². The maximum atomic E-state index is 2.35. The SMILES string of the molecule is Cc1cccc(CCc2ccc3ccccc3c2CCc2cccc(C)c2)c1. The van der Waals surface area contributed by atoms with Crippen LogP contribution in [0.25, 0.3) is 10.8 Å². The van der Waals surface area contributed by atoms with Crippen LogP contribution in [0, 0.1) is 13.8 Å². The number of rotatable bonds is 6. The topological polar surface area (TPSA) is 0 Å². The van der Waals surface area contributed by atoms with Crippen LogP contribution in [0.3, 0.4) is 0 Å². The Kier molecular flexibility index (Phi) is 5.58. The van der Waals surface area contributed by atoms with Crippen LogP contribution in [0.1, 0.15) is 33.4 Å². The lowest BCUT2D eigenvalue weighted by Gasteiger charge is -2.14. The average Bonchev–Trinajstić information content (AvgIpc) is 2.71. The van der Waals surface area contributed by atoms with E-state index in [1.807, 2.05) is 0 Å². The van der Waals surface area contributed by atoms with Gasteiger partial charge in [0.25, 0.3) is 0 Å². The third-order valence-electron chi connectivity index (χ3n) is 5.65. The fraction of sp³-hybridized carbons (Fsp3) is 0.214. The van der Waals surface area contributed by atoms with Crippen LogP contribution >= 0.6 is 0 Å². The zero-order valence-corrected chi connectivity index (χ0v) is 16.9. The van der Waals surface area contributed by atoms with Gasteiger partial charge in [-0.1, -0.05) is 96.1 Å². The average molecular weight is 365 g/mol. The fourth-order valence-corrected chi connectivity index (χ4v) is 4.19. The van der Waals surface area contributed by atoms with Crippen LogP contribution in [0.4, 0.5) is 0 Å². The van der Waals surface area contributed by atoms with Gasteiger partial charge in [-0.25, -0.2) is 0 Å². The smallest absolute Gasteiger partial charge is 0.0149 e. The second-order valence-corrected chi connectivity index (χ2v) is 7.90. The monoisotopic (exact) mass is 364 g/mol. The highest BCUT2D eigenvalue weighted by molar-refractivity contribution is 5.86. The Bertz CT molecular complexity index is 1090. The van der Waals surface area contributed by atoms with Gasteiger partial charge < -0.3 is 0 Å². The summed E-state index contributed by atoms with van der Waals surface area (Å²) in [7, 11) is 0. The van der Waals surface area contributed by atoms with E-state index < -0.39 is 0 Å². The van der Waals surface area contributed by atoms with Crippen LogP contribution in [0.15, 0.2) is 84.9 Å². The van der Waals surface area contributed by atoms with E-state index in [0.717, 1.165) is 25.7 Å². The molecule has 4 aromatic carbocycles. The van der Waals surface area contributed by atoms with Gasteiger partial charge in [0.05, 0.1) is 0 Å². The molecule has 4 rings (SSSR count). The van der Waals surface area contributed by atoms with Crippen molar-refractivity contribution in [2.75, 3.05) is 0 Å². The molecule has 0 spiro atoms. The first-order valence-electron chi connectivity index (χ1n) is 10.3. The van der Waals surface area contributed by atoms with Crippen LogP contribution in [-0.4, -0.2) is 0 Å². The minimum Gasteiger partial charge on any atom is -0.0617 e. The van der Waals surface area contributed by atoms with Crippen molar-refractivity contribution in [1.29, 1.82) is 0 Å². The van der Waals surface area contributed by atoms with Crippen molar-refractivity contribution in [1.82, 2.24) is 0 Å². The summed E-state index contributed by atoms with van der Waals surface area (Å²) in [6, 6.07) is 31.3. The third kappa shape index (κ3) is 4.34. The summed E-state index contributed by atoms with van der Waals surface area (Å²) < 4.78 is 0. The number of hydrogen-bond donors (Lipinski definition) is 0. The van der Waals surface area contributed by atoms with Gasteiger partial charge in [0.1, 0.15) is 0 Å². The number of fused-ring (bicyclic) bond motifs is 1. The van der Waals surface area contributed by atoms with E-state index in [4.69, 9.17) is 0 Å². The Balaban J connectivity index is 1.62. The van der Waals surface area contributed by atoms with Gasteiger partial charge >= 0.3 is 0 Å². The molecule has 0 heterocycles. The van der Waals surface area contributed by atoms with E-state index >= 15 is 0 Å². The third-order valence-corrected chi connectivity index (χ3v) is 5.65. The number of hydrogen-bond acceptors (Lipinski definition) is 0. The second-order valence-electron chi connectivity index (χ2n) is 7.90. The fourth-order valence-electron chi connectivity index (χ4n) is 4.19. The highest BCUT2D eigenvalue weighted by Crippen LogP contribution is 2.26. The van der Waals surface area contributed by atoms with E-state index in [0.29, 0.717) is 0 Å². The molecule has 140 valence electrons. The largest absolute Gasteiger partial charge is 0.0617 e. The Hall–Kier alpha value is -2.86. The molecule has 0 aromatic heterocycles. The van der Waals surface area contributed by atoms with Gasteiger partial charge in [0, 0.05) is 0 Å². The molecule has 0 saturated heterocycles. The lowest BCUT2D eigenvalue weighted by atomic mass is 9.91. The molecule has 0 aliphatic carbocycles. The highest BCUT2D eigenvalue weighted by Gasteiger charge is 2.09. The van der Waals surface area contributed by atoms with Crippen molar-refractivity contribution >= 4 is 10.8 Å². The Morgan fingerprint density at radius 3 is 1.86 bits per heavy atom. The Morgan fingerprint density at radius 1 is 0.536 bits per heavy atom. The lowest BCUT2D eigenvalue weighted by Crippen LogP contribution is -2.01. The predicted octanol–water partition coefficient (Wildman–Crippen LogP) is 7.03. The van der Waals surface area contributed by atoms with E-state index in [2.05, 4.69) is 98.8 Å². The molecule has 0 radical (unpaired) electrons. The maximum absolute atomic E-state index is 2.35. The molecule has 0 N–H and O–H groups in total. The first-order valence-corrected chi connectivity index (χ1v) is 10.3. The summed E-state index contributed by atoms with van der Waals surface area (Å²) >= 11 is 0. The van der Waals surface area contributed by atoms with Gasteiger partial charge in [0.2, 0.25) is 0 Å². The van der Waals surface area contributed by atoms with Gasteiger partial charge in [-0.15, -0.1) is 0 Å². The van der Waals surface area contributed by atoms with E-state index in [1.54, 1.807) is 0 Å². The molecule has 0 aliphatic rings. The van der Waals surface area contributed by atoms with Crippen molar-refractivity contribution in [3.05, 3.63) is 118 Å². The van der Waals surface area contributed by atoms with Gasteiger partial charge in [-0.3, -0.25) is 0 Å². The number of benzene rings is 4. The van der Waals surface area contributed by atoms with Crippen LogP contribution in [0.2, 0.25) is 0 Å². The van der Waals surface area contributed by atoms with Crippen molar-refractivity contribution in [2.24, 2.45) is 0 Å². The number of aryl methyl sites for hydroxylation is 6. The molecular formula is C28H28. The Morgan fingerprint density at radius 2 is 1.18 bits per heavy atom. The molecule has 0 atom stereocenters. The van der Waals surface area contributed by atoms with Crippen LogP contribution in [-0.2, 0) is 25.7 Å². The summed E-state index contributed by atoms with van der Waals surface area (Å²) in [6.45, 7) is 4.35. The molecule has 4 aromatic rings. The summed E-state index contributed by atoms with van der Waals surface area (Å²) in [5, 5.41) is 2.76. The second kappa shape index (κ2) is 8.44. The van der Waals surface area contributed by atoms with E-state index in [9.17, 15) is 0 Å². The van der Waals surface area contributed by atoms with Crippen LogP contribution in [0.5, 0.6) is 0 Å². The molecule has 28 heavy (non-hydrogen) atoms. The minimum absolute atomic E-state index is 1.09. The summed E-state index contributed by atoms with van der Waals surface area (Å²) in [5.74, 6) is 0. The lowest BCUT2D eigenvalue weighted by molar-refractivity contribution is 0.900. The van der Waals surface area contributed by atoms with Crippen molar-refractivity contribution in [3.8, 4) is 0 Å². The zero-order valence-electron chi connectivity index (χ0n) is 16.9. The summed E-state index contributed by atoms with van der Waals surface area (Å²) in [5.41, 5.74) is 8.56. The van der Waals surface area contributed by atoms with Crippen LogP contribution < -0.4 is 0 Å². The molecule has 0 aliphatic heterocycles. The first-order chi connectivity index (χ1) is 13.7. The normalized spacial score (nSPS) is 11.1. The van der Waals surface area contributed by atoms with E-state index in [-0.39, 0.29) is 0 Å². The maximum Gasteiger partial charge on any atom is -0.0149 e. The summed E-state index contributed by atoms with van der Waals surface area (Å²) in [6.07, 6.45) is 4.37. The summed E-state index contributed by atoms with van der Waals surface area (Å²) in [4.78, 5) is 0. The predicted molar refractivity (Wildman–Crippen MR) is 121 cm³/mol. The molecule has 0 heteroatoms. The highest BCUT2D eigenvalue weighted by atomic mass is 14.1. The van der Waals surface area contributed by atoms with Gasteiger partial charge in [-0.2, -0.15) is 0 Å². The van der Waals surface area contributed by atoms with Gasteiger partial charge in [0.15, 0.2) is 0 Å². The standard InChI is InChI=1S/C28H28/c1-21-7-5-9-23(19-21)13-15-26-17-16-25-11-3-4-12-27(25)28(26)18-14-24-10-6-8-22(2)20-24/h3-12,16-17,19-20H,13-15,18H2,1-2H3. The minimum atomic E-state index is 1.09. The molecule has 0 unspecified atom stereocenters. The molecule has 0 nitrogen and oxygen atoms in total. The molecular weight excluding hydrogens is 336 g/mol. The molecule has 0 amide bonds. The van der Waals surface area contributed by atoms with E-state index in [1.165, 1.54) is 44.2 Å². The first kappa shape index (κ1) is 18.5. The quantitative estimate of drug-likeness (QED) is 0.344. The van der Waals surface area contributed by atoms with Gasteiger partial charge in [-0.05, 0) is 72.6 Å². The Labute approximate surface area is 168 Å². The van der Waals surface area contributed by atoms with Crippen molar-refractivity contribution in [2.45, 2.75) is 39.5 Å². The van der Waals surface area contributed by atoms with Crippen molar-refractivity contribution < 1.29 is 0 Å². The zero-order chi connectivity index (χ0) is 19.3. The molecule has 0 bridgehead atoms. The molecule has 0 saturated carbocycles. The molecule has 0 fully saturated rings.